The summed E-state index contributed by atoms with van der Waals surface area (Å²) >= 11 is 0. The topological polar surface area (TPSA) is 60.4 Å². The van der Waals surface area contributed by atoms with Crippen molar-refractivity contribution in [2.45, 2.75) is 19.4 Å². The van der Waals surface area contributed by atoms with Gasteiger partial charge in [-0.1, -0.05) is 19.1 Å². The van der Waals surface area contributed by atoms with Crippen LogP contribution < -0.4 is 11.3 Å². The molecule has 0 spiro atoms. The SMILES string of the molecule is CCCOCC(NN)c1cc2cccc(F)c2o1. The fraction of sp³-hybridized carbons (Fsp3) is 0.385. The van der Waals surface area contributed by atoms with Gasteiger partial charge in [0.1, 0.15) is 11.8 Å². The number of para-hydroxylation sites is 1. The van der Waals surface area contributed by atoms with Crippen molar-refractivity contribution < 1.29 is 13.5 Å². The minimum atomic E-state index is -0.371. The van der Waals surface area contributed by atoms with Gasteiger partial charge in [0.2, 0.25) is 0 Å². The van der Waals surface area contributed by atoms with Crippen molar-refractivity contribution in [3.63, 3.8) is 0 Å². The van der Waals surface area contributed by atoms with E-state index in [1.165, 1.54) is 6.07 Å². The van der Waals surface area contributed by atoms with Crippen LogP contribution in [0.25, 0.3) is 11.0 Å². The lowest BCUT2D eigenvalue weighted by molar-refractivity contribution is 0.106. The van der Waals surface area contributed by atoms with Crippen LogP contribution >= 0.6 is 0 Å². The second-order valence-electron chi connectivity index (χ2n) is 4.10. The Balaban J connectivity index is 2.20. The van der Waals surface area contributed by atoms with E-state index in [0.29, 0.717) is 19.0 Å². The molecule has 0 saturated carbocycles. The highest BCUT2D eigenvalue weighted by atomic mass is 19.1. The average Bonchev–Trinajstić information content (AvgIpc) is 2.80. The van der Waals surface area contributed by atoms with Gasteiger partial charge < -0.3 is 9.15 Å². The smallest absolute Gasteiger partial charge is 0.169 e. The number of nitrogens with two attached hydrogens (primary N) is 1. The lowest BCUT2D eigenvalue weighted by Gasteiger charge is -2.12. The Kier molecular flexibility index (Phi) is 4.30. The standard InChI is InChI=1S/C13H17FN2O2/c1-2-6-17-8-11(16-15)12-7-9-4-3-5-10(14)13(9)18-12/h3-5,7,11,16H,2,6,8,15H2,1H3. The van der Waals surface area contributed by atoms with Crippen molar-refractivity contribution in [2.75, 3.05) is 13.2 Å². The third-order valence-electron chi connectivity index (χ3n) is 2.69. The Morgan fingerprint density at radius 2 is 2.33 bits per heavy atom. The molecule has 18 heavy (non-hydrogen) atoms. The van der Waals surface area contributed by atoms with E-state index in [-0.39, 0.29) is 17.4 Å². The predicted molar refractivity (Wildman–Crippen MR) is 67.3 cm³/mol. The second kappa shape index (κ2) is 5.95. The zero-order valence-corrected chi connectivity index (χ0v) is 10.3. The van der Waals surface area contributed by atoms with Crippen LogP contribution in [0.15, 0.2) is 28.7 Å². The van der Waals surface area contributed by atoms with Gasteiger partial charge in [0, 0.05) is 12.0 Å². The van der Waals surface area contributed by atoms with E-state index in [4.69, 9.17) is 15.0 Å². The number of hydrogen-bond acceptors (Lipinski definition) is 4. The molecule has 0 aliphatic carbocycles. The number of ether oxygens (including phenoxy) is 1. The van der Waals surface area contributed by atoms with Crippen molar-refractivity contribution in [1.82, 2.24) is 5.43 Å². The first-order valence-electron chi connectivity index (χ1n) is 5.98. The monoisotopic (exact) mass is 252 g/mol. The van der Waals surface area contributed by atoms with Gasteiger partial charge in [-0.3, -0.25) is 5.84 Å². The number of hydrazine groups is 1. The molecule has 4 nitrogen and oxygen atoms in total. The number of hydrogen-bond donors (Lipinski definition) is 2. The van der Waals surface area contributed by atoms with Gasteiger partial charge in [-0.2, -0.15) is 0 Å². The molecule has 98 valence electrons. The molecular formula is C13H17FN2O2. The predicted octanol–water partition coefficient (Wildman–Crippen LogP) is 2.50. The first-order chi connectivity index (χ1) is 8.76. The van der Waals surface area contributed by atoms with Gasteiger partial charge in [0.25, 0.3) is 0 Å². The summed E-state index contributed by atoms with van der Waals surface area (Å²) in [7, 11) is 0. The maximum absolute atomic E-state index is 13.5. The van der Waals surface area contributed by atoms with Crippen molar-refractivity contribution in [1.29, 1.82) is 0 Å². The molecule has 2 rings (SSSR count). The lowest BCUT2D eigenvalue weighted by Crippen LogP contribution is -2.31. The van der Waals surface area contributed by atoms with Crippen molar-refractivity contribution in [2.24, 2.45) is 5.84 Å². The van der Waals surface area contributed by atoms with Crippen molar-refractivity contribution in [3.05, 3.63) is 35.8 Å². The van der Waals surface area contributed by atoms with Crippen LogP contribution in [-0.2, 0) is 4.74 Å². The lowest BCUT2D eigenvalue weighted by atomic mass is 10.2. The molecule has 0 aliphatic heterocycles. The molecule has 0 bridgehead atoms. The molecule has 0 amide bonds. The van der Waals surface area contributed by atoms with Crippen LogP contribution in [-0.4, -0.2) is 13.2 Å². The minimum Gasteiger partial charge on any atom is -0.456 e. The molecule has 0 fully saturated rings. The summed E-state index contributed by atoms with van der Waals surface area (Å²) in [6.45, 7) is 3.08. The zero-order valence-electron chi connectivity index (χ0n) is 10.3. The Bertz CT molecular complexity index is 513. The summed E-state index contributed by atoms with van der Waals surface area (Å²) in [6, 6.07) is 6.32. The highest BCUT2D eigenvalue weighted by Gasteiger charge is 2.16. The number of furan rings is 1. The molecule has 5 heteroatoms. The van der Waals surface area contributed by atoms with Gasteiger partial charge in [-0.05, 0) is 18.6 Å². The molecular weight excluding hydrogens is 235 g/mol. The fourth-order valence-electron chi connectivity index (χ4n) is 1.78. The van der Waals surface area contributed by atoms with E-state index in [9.17, 15) is 4.39 Å². The normalized spacial score (nSPS) is 13.1. The van der Waals surface area contributed by atoms with Gasteiger partial charge in [0.05, 0.1) is 6.61 Å². The van der Waals surface area contributed by atoms with Crippen LogP contribution in [0, 0.1) is 5.82 Å². The summed E-state index contributed by atoms with van der Waals surface area (Å²) in [6.07, 6.45) is 0.937. The summed E-state index contributed by atoms with van der Waals surface area (Å²) in [5.74, 6) is 5.67. The fourth-order valence-corrected chi connectivity index (χ4v) is 1.78. The molecule has 2 aromatic rings. The molecule has 1 unspecified atom stereocenters. The van der Waals surface area contributed by atoms with E-state index in [1.54, 1.807) is 18.2 Å². The Morgan fingerprint density at radius 3 is 3.00 bits per heavy atom. The van der Waals surface area contributed by atoms with Gasteiger partial charge in [-0.25, -0.2) is 9.82 Å². The Labute approximate surface area is 105 Å². The maximum atomic E-state index is 13.5. The first-order valence-corrected chi connectivity index (χ1v) is 5.98. The van der Waals surface area contributed by atoms with Gasteiger partial charge in [0.15, 0.2) is 11.4 Å². The summed E-state index contributed by atoms with van der Waals surface area (Å²) in [4.78, 5) is 0. The van der Waals surface area contributed by atoms with E-state index < -0.39 is 0 Å². The van der Waals surface area contributed by atoms with Gasteiger partial charge in [-0.15, -0.1) is 0 Å². The number of benzene rings is 1. The summed E-state index contributed by atoms with van der Waals surface area (Å²) in [5, 5.41) is 0.723. The Morgan fingerprint density at radius 1 is 1.50 bits per heavy atom. The number of fused-ring (bicyclic) bond motifs is 1. The molecule has 0 saturated heterocycles. The van der Waals surface area contributed by atoms with Crippen LogP contribution in [0.1, 0.15) is 25.1 Å². The Hall–Kier alpha value is -1.43. The van der Waals surface area contributed by atoms with E-state index in [1.807, 2.05) is 6.92 Å². The van der Waals surface area contributed by atoms with Crippen LogP contribution in [0.5, 0.6) is 0 Å². The van der Waals surface area contributed by atoms with Crippen LogP contribution in [0.4, 0.5) is 4.39 Å². The second-order valence-corrected chi connectivity index (χ2v) is 4.10. The average molecular weight is 252 g/mol. The van der Waals surface area contributed by atoms with E-state index in [2.05, 4.69) is 5.43 Å². The van der Waals surface area contributed by atoms with Crippen molar-refractivity contribution >= 4 is 11.0 Å². The number of nitrogens with one attached hydrogen (secondary N) is 1. The highest BCUT2D eigenvalue weighted by molar-refractivity contribution is 5.78. The largest absolute Gasteiger partial charge is 0.456 e. The van der Waals surface area contributed by atoms with Crippen LogP contribution in [0.3, 0.4) is 0 Å². The molecule has 1 aromatic heterocycles. The molecule has 1 aromatic carbocycles. The number of halogens is 1. The quantitative estimate of drug-likeness (QED) is 0.471. The minimum absolute atomic E-state index is 0.253. The van der Waals surface area contributed by atoms with Crippen LogP contribution in [0.2, 0.25) is 0 Å². The van der Waals surface area contributed by atoms with Gasteiger partial charge >= 0.3 is 0 Å². The van der Waals surface area contributed by atoms with E-state index >= 15 is 0 Å². The molecule has 1 atom stereocenters. The highest BCUT2D eigenvalue weighted by Crippen LogP contribution is 2.25. The molecule has 0 radical (unpaired) electrons. The van der Waals surface area contributed by atoms with E-state index in [0.717, 1.165) is 11.8 Å². The zero-order chi connectivity index (χ0) is 13.0. The van der Waals surface area contributed by atoms with Crippen molar-refractivity contribution in [3.8, 4) is 0 Å². The maximum Gasteiger partial charge on any atom is 0.169 e. The molecule has 3 N–H and O–H groups in total. The summed E-state index contributed by atoms with van der Waals surface area (Å²) < 4.78 is 24.4. The third-order valence-corrected chi connectivity index (χ3v) is 2.69. The molecule has 1 heterocycles. The third kappa shape index (κ3) is 2.69. The first kappa shape index (κ1) is 13.0. The number of rotatable bonds is 6. The molecule has 0 aliphatic rings. The summed E-state index contributed by atoms with van der Waals surface area (Å²) in [5.41, 5.74) is 2.87.